The summed E-state index contributed by atoms with van der Waals surface area (Å²) in [7, 11) is 0. The first kappa shape index (κ1) is 9.35. The molecule has 4 rings (SSSR count). The van der Waals surface area contributed by atoms with Crippen molar-refractivity contribution in [1.29, 1.82) is 0 Å². The molecule has 0 unspecified atom stereocenters. The highest BCUT2D eigenvalue weighted by molar-refractivity contribution is 6.05. The average Bonchev–Trinajstić information content (AvgIpc) is 2.45. The number of aromatic nitrogens is 5. The van der Waals surface area contributed by atoms with Crippen LogP contribution in [0.25, 0.3) is 32.8 Å². The maximum Gasteiger partial charge on any atom is 0.115 e. The van der Waals surface area contributed by atoms with Crippen molar-refractivity contribution in [3.8, 4) is 0 Å². The van der Waals surface area contributed by atoms with Gasteiger partial charge in [-0.2, -0.15) is 0 Å². The van der Waals surface area contributed by atoms with Crippen molar-refractivity contribution >= 4 is 32.8 Å². The van der Waals surface area contributed by atoms with E-state index in [-0.39, 0.29) is 0 Å². The van der Waals surface area contributed by atoms with Gasteiger partial charge in [0, 0.05) is 17.0 Å². The maximum atomic E-state index is 4.58. The monoisotopic (exact) mass is 233 g/mol. The van der Waals surface area contributed by atoms with Crippen LogP contribution < -0.4 is 0 Å². The van der Waals surface area contributed by atoms with Crippen LogP contribution in [0.15, 0.2) is 42.7 Å². The van der Waals surface area contributed by atoms with Gasteiger partial charge in [-0.05, 0) is 17.3 Å². The van der Waals surface area contributed by atoms with Gasteiger partial charge in [0.1, 0.15) is 11.0 Å². The van der Waals surface area contributed by atoms with Gasteiger partial charge in [0.15, 0.2) is 0 Å². The number of benzene rings is 1. The van der Waals surface area contributed by atoms with Gasteiger partial charge in [0.05, 0.1) is 17.2 Å². The Labute approximate surface area is 102 Å². The van der Waals surface area contributed by atoms with Crippen molar-refractivity contribution in [2.75, 3.05) is 0 Å². The first-order chi connectivity index (χ1) is 8.92. The van der Waals surface area contributed by atoms with E-state index in [0.29, 0.717) is 0 Å². The molecule has 0 amide bonds. The Hall–Kier alpha value is -2.69. The molecule has 0 atom stereocenters. The van der Waals surface area contributed by atoms with Crippen LogP contribution in [-0.2, 0) is 0 Å². The number of hydrogen-bond donors (Lipinski definition) is 0. The minimum Gasteiger partial charge on any atom is -0.254 e. The van der Waals surface area contributed by atoms with Crippen molar-refractivity contribution in [3.63, 3.8) is 0 Å². The SMILES string of the molecule is c1cnc2c(c1)ccc1cc3nnncc3nc12. The van der Waals surface area contributed by atoms with E-state index >= 15 is 0 Å². The fourth-order valence-electron chi connectivity index (χ4n) is 2.11. The fraction of sp³-hybridized carbons (Fsp3) is 0. The molecular formula is C13H7N5. The molecule has 0 bridgehead atoms. The zero-order valence-electron chi connectivity index (χ0n) is 9.28. The minimum atomic E-state index is 0.732. The topological polar surface area (TPSA) is 64.5 Å². The highest BCUT2D eigenvalue weighted by atomic mass is 15.3. The molecule has 5 nitrogen and oxygen atoms in total. The lowest BCUT2D eigenvalue weighted by Gasteiger charge is -2.03. The van der Waals surface area contributed by atoms with Crippen LogP contribution in [0, 0.1) is 0 Å². The molecule has 4 aromatic rings. The first-order valence-electron chi connectivity index (χ1n) is 5.54. The third-order valence-corrected chi connectivity index (χ3v) is 2.95. The number of rotatable bonds is 0. The first-order valence-corrected chi connectivity index (χ1v) is 5.54. The van der Waals surface area contributed by atoms with Crippen molar-refractivity contribution in [1.82, 2.24) is 25.4 Å². The molecule has 0 aliphatic heterocycles. The maximum absolute atomic E-state index is 4.58. The summed E-state index contributed by atoms with van der Waals surface area (Å²) in [6.45, 7) is 0. The number of nitrogens with zero attached hydrogens (tertiary/aromatic N) is 5. The number of fused-ring (bicyclic) bond motifs is 4. The molecule has 5 heteroatoms. The second-order valence-electron chi connectivity index (χ2n) is 4.04. The molecule has 0 aliphatic rings. The summed E-state index contributed by atoms with van der Waals surface area (Å²) in [6.07, 6.45) is 3.39. The van der Waals surface area contributed by atoms with Gasteiger partial charge in [0.2, 0.25) is 0 Å². The zero-order valence-corrected chi connectivity index (χ0v) is 9.28. The fourth-order valence-corrected chi connectivity index (χ4v) is 2.11. The van der Waals surface area contributed by atoms with E-state index in [1.54, 1.807) is 12.4 Å². The van der Waals surface area contributed by atoms with Gasteiger partial charge in [-0.15, -0.1) is 10.2 Å². The number of pyridine rings is 2. The summed E-state index contributed by atoms with van der Waals surface area (Å²) in [5.74, 6) is 0. The lowest BCUT2D eigenvalue weighted by Crippen LogP contribution is -1.91. The highest BCUT2D eigenvalue weighted by Crippen LogP contribution is 2.23. The van der Waals surface area contributed by atoms with Crippen LogP contribution in [0.3, 0.4) is 0 Å². The van der Waals surface area contributed by atoms with Crippen LogP contribution in [0.5, 0.6) is 0 Å². The Morgan fingerprint density at radius 2 is 1.83 bits per heavy atom. The summed E-state index contributed by atoms with van der Waals surface area (Å²) < 4.78 is 0. The van der Waals surface area contributed by atoms with Gasteiger partial charge in [-0.1, -0.05) is 18.2 Å². The van der Waals surface area contributed by atoms with Crippen LogP contribution in [0.2, 0.25) is 0 Å². The second-order valence-corrected chi connectivity index (χ2v) is 4.04. The summed E-state index contributed by atoms with van der Waals surface area (Å²) in [4.78, 5) is 8.98. The molecule has 0 spiro atoms. The van der Waals surface area contributed by atoms with Crippen LogP contribution in [-0.4, -0.2) is 25.4 Å². The summed E-state index contributed by atoms with van der Waals surface area (Å²) in [5.41, 5.74) is 3.24. The molecule has 0 saturated heterocycles. The normalized spacial score (nSPS) is 11.3. The molecule has 0 N–H and O–H groups in total. The summed E-state index contributed by atoms with van der Waals surface area (Å²) in [6, 6.07) is 9.96. The zero-order chi connectivity index (χ0) is 11.9. The van der Waals surface area contributed by atoms with E-state index in [2.05, 4.69) is 25.4 Å². The van der Waals surface area contributed by atoms with E-state index in [4.69, 9.17) is 0 Å². The van der Waals surface area contributed by atoms with Gasteiger partial charge in [0.25, 0.3) is 0 Å². The Morgan fingerprint density at radius 1 is 0.889 bits per heavy atom. The molecule has 0 fully saturated rings. The van der Waals surface area contributed by atoms with E-state index in [1.165, 1.54) is 0 Å². The smallest absolute Gasteiger partial charge is 0.115 e. The third-order valence-electron chi connectivity index (χ3n) is 2.95. The molecule has 84 valence electrons. The molecule has 0 aliphatic carbocycles. The Balaban J connectivity index is 2.27. The molecule has 3 heterocycles. The molecule has 1 aromatic carbocycles. The minimum absolute atomic E-state index is 0.732. The number of hydrogen-bond acceptors (Lipinski definition) is 5. The van der Waals surface area contributed by atoms with Crippen LogP contribution >= 0.6 is 0 Å². The van der Waals surface area contributed by atoms with Crippen LogP contribution in [0.4, 0.5) is 0 Å². The van der Waals surface area contributed by atoms with E-state index in [1.807, 2.05) is 30.3 Å². The predicted molar refractivity (Wildman–Crippen MR) is 67.9 cm³/mol. The summed E-state index contributed by atoms with van der Waals surface area (Å²) in [5, 5.41) is 13.4. The summed E-state index contributed by atoms with van der Waals surface area (Å²) >= 11 is 0. The highest BCUT2D eigenvalue weighted by Gasteiger charge is 2.05. The van der Waals surface area contributed by atoms with Gasteiger partial charge >= 0.3 is 0 Å². The standard InChI is InChI=1S/C13H7N5/c1-2-8-3-4-9-6-10-11(7-15-18-17-10)16-13(9)12(8)14-5-1/h1-7H. The van der Waals surface area contributed by atoms with E-state index < -0.39 is 0 Å². The Kier molecular flexibility index (Phi) is 1.77. The van der Waals surface area contributed by atoms with Crippen molar-refractivity contribution in [2.45, 2.75) is 0 Å². The molecule has 0 saturated carbocycles. The van der Waals surface area contributed by atoms with Gasteiger partial charge in [-0.3, -0.25) is 4.98 Å². The molecule has 18 heavy (non-hydrogen) atoms. The van der Waals surface area contributed by atoms with E-state index in [9.17, 15) is 0 Å². The predicted octanol–water partition coefficient (Wildman–Crippen LogP) is 2.12. The van der Waals surface area contributed by atoms with Crippen molar-refractivity contribution in [2.24, 2.45) is 0 Å². The Bertz CT molecular complexity index is 882. The van der Waals surface area contributed by atoms with Crippen molar-refractivity contribution < 1.29 is 0 Å². The Morgan fingerprint density at radius 3 is 2.83 bits per heavy atom. The average molecular weight is 233 g/mol. The lowest BCUT2D eigenvalue weighted by molar-refractivity contribution is 0.892. The van der Waals surface area contributed by atoms with Crippen LogP contribution in [0.1, 0.15) is 0 Å². The molecule has 0 radical (unpaired) electrons. The van der Waals surface area contributed by atoms with E-state index in [0.717, 1.165) is 32.8 Å². The quantitative estimate of drug-likeness (QED) is 0.344. The molecule has 3 aromatic heterocycles. The largest absolute Gasteiger partial charge is 0.254 e. The van der Waals surface area contributed by atoms with Crippen molar-refractivity contribution in [3.05, 3.63) is 42.7 Å². The van der Waals surface area contributed by atoms with Gasteiger partial charge in [-0.25, -0.2) is 4.98 Å². The lowest BCUT2D eigenvalue weighted by atomic mass is 10.1. The van der Waals surface area contributed by atoms with Gasteiger partial charge < -0.3 is 0 Å². The second kappa shape index (κ2) is 3.40. The molecular weight excluding hydrogens is 226 g/mol. The third kappa shape index (κ3) is 1.24.